The van der Waals surface area contributed by atoms with Gasteiger partial charge in [-0.25, -0.2) is 0 Å². The summed E-state index contributed by atoms with van der Waals surface area (Å²) in [5.74, 6) is 0.259. The van der Waals surface area contributed by atoms with Crippen molar-refractivity contribution in [3.05, 3.63) is 10.5 Å². The number of aromatic nitrogens is 2. The molecule has 0 saturated heterocycles. The number of aromatic hydroxyl groups is 1. The second-order valence-electron chi connectivity index (χ2n) is 2.83. The molecule has 0 fully saturated rings. The lowest BCUT2D eigenvalue weighted by Gasteiger charge is -2.13. The Morgan fingerprint density at radius 2 is 2.27 bits per heavy atom. The summed E-state index contributed by atoms with van der Waals surface area (Å²) in [5, 5.41) is 9.33. The maximum atomic E-state index is 9.33. The first kappa shape index (κ1) is 6.91. The van der Waals surface area contributed by atoms with Crippen LogP contribution in [0.25, 0.3) is 0 Å². The van der Waals surface area contributed by atoms with Gasteiger partial charge in [-0.05, 0) is 31.5 Å². The molecule has 0 atom stereocenters. The van der Waals surface area contributed by atoms with E-state index in [1.807, 2.05) is 4.57 Å². The Balaban J connectivity index is 2.61. The molecule has 60 valence electrons. The molecule has 1 aliphatic rings. The highest BCUT2D eigenvalue weighted by atomic mass is 32.1. The SMILES string of the molecule is Oc1[nH]c(=S)n2c1CCCC2. The van der Waals surface area contributed by atoms with Crippen LogP contribution in [0.3, 0.4) is 0 Å². The number of hydrogen-bond donors (Lipinski definition) is 2. The predicted octanol–water partition coefficient (Wildman–Crippen LogP) is 1.59. The predicted molar refractivity (Wildman–Crippen MR) is 44.2 cm³/mol. The molecule has 11 heavy (non-hydrogen) atoms. The van der Waals surface area contributed by atoms with E-state index in [0.29, 0.717) is 4.77 Å². The second kappa shape index (κ2) is 2.37. The van der Waals surface area contributed by atoms with Crippen molar-refractivity contribution in [1.29, 1.82) is 0 Å². The molecular formula is C7H10N2OS. The van der Waals surface area contributed by atoms with Crippen LogP contribution in [0.5, 0.6) is 5.88 Å². The number of H-pyrrole nitrogens is 1. The van der Waals surface area contributed by atoms with E-state index in [2.05, 4.69) is 4.98 Å². The average Bonchev–Trinajstić information content (AvgIpc) is 2.30. The normalized spacial score (nSPS) is 16.4. The van der Waals surface area contributed by atoms with Crippen LogP contribution in [0, 0.1) is 4.77 Å². The zero-order valence-electron chi connectivity index (χ0n) is 6.13. The standard InChI is InChI=1S/C7H10N2OS/c10-6-5-3-1-2-4-9(5)7(11)8-6/h10H,1-4H2,(H,8,11). The molecule has 0 saturated carbocycles. The van der Waals surface area contributed by atoms with Gasteiger partial charge in [-0.3, -0.25) is 0 Å². The van der Waals surface area contributed by atoms with E-state index >= 15 is 0 Å². The fourth-order valence-corrected chi connectivity index (χ4v) is 1.84. The molecule has 2 rings (SSSR count). The molecular weight excluding hydrogens is 160 g/mol. The first-order chi connectivity index (χ1) is 5.29. The summed E-state index contributed by atoms with van der Waals surface area (Å²) >= 11 is 5.01. The van der Waals surface area contributed by atoms with Gasteiger partial charge in [-0.2, -0.15) is 0 Å². The Morgan fingerprint density at radius 3 is 3.00 bits per heavy atom. The summed E-state index contributed by atoms with van der Waals surface area (Å²) in [7, 11) is 0. The summed E-state index contributed by atoms with van der Waals surface area (Å²) in [4.78, 5) is 2.75. The lowest BCUT2D eigenvalue weighted by molar-refractivity contribution is 0.435. The van der Waals surface area contributed by atoms with Crippen LogP contribution in [0.4, 0.5) is 0 Å². The van der Waals surface area contributed by atoms with Gasteiger partial charge in [0.2, 0.25) is 5.88 Å². The van der Waals surface area contributed by atoms with E-state index in [9.17, 15) is 5.11 Å². The summed E-state index contributed by atoms with van der Waals surface area (Å²) in [6.07, 6.45) is 3.26. The minimum absolute atomic E-state index is 0.259. The van der Waals surface area contributed by atoms with Crippen molar-refractivity contribution in [1.82, 2.24) is 9.55 Å². The molecule has 4 heteroatoms. The van der Waals surface area contributed by atoms with Gasteiger partial charge in [-0.15, -0.1) is 0 Å². The monoisotopic (exact) mass is 170 g/mol. The second-order valence-corrected chi connectivity index (χ2v) is 3.22. The first-order valence-corrected chi connectivity index (χ1v) is 4.20. The Labute approximate surface area is 69.7 Å². The Morgan fingerprint density at radius 1 is 1.45 bits per heavy atom. The molecule has 0 aliphatic carbocycles. The fourth-order valence-electron chi connectivity index (χ4n) is 1.54. The smallest absolute Gasteiger partial charge is 0.210 e. The number of aromatic amines is 1. The third-order valence-corrected chi connectivity index (χ3v) is 2.44. The highest BCUT2D eigenvalue weighted by Gasteiger charge is 2.14. The lowest BCUT2D eigenvalue weighted by atomic mass is 10.1. The summed E-state index contributed by atoms with van der Waals surface area (Å²) in [6, 6.07) is 0. The highest BCUT2D eigenvalue weighted by Crippen LogP contribution is 2.22. The summed E-state index contributed by atoms with van der Waals surface area (Å²) < 4.78 is 2.63. The van der Waals surface area contributed by atoms with E-state index in [1.165, 1.54) is 6.42 Å². The van der Waals surface area contributed by atoms with Crippen molar-refractivity contribution in [3.63, 3.8) is 0 Å². The molecule has 0 aromatic carbocycles. The minimum Gasteiger partial charge on any atom is -0.493 e. The number of fused-ring (bicyclic) bond motifs is 1. The van der Waals surface area contributed by atoms with E-state index in [-0.39, 0.29) is 5.88 Å². The molecule has 1 aliphatic heterocycles. The molecule has 1 aromatic rings. The van der Waals surface area contributed by atoms with Crippen LogP contribution in [0.2, 0.25) is 0 Å². The van der Waals surface area contributed by atoms with Crippen LogP contribution in [0.15, 0.2) is 0 Å². The van der Waals surface area contributed by atoms with Gasteiger partial charge in [0.05, 0.1) is 5.69 Å². The maximum Gasteiger partial charge on any atom is 0.210 e. The largest absolute Gasteiger partial charge is 0.493 e. The number of nitrogens with zero attached hydrogens (tertiary/aromatic N) is 1. The zero-order chi connectivity index (χ0) is 7.84. The molecule has 0 amide bonds. The van der Waals surface area contributed by atoms with E-state index in [4.69, 9.17) is 12.2 Å². The molecule has 1 aromatic heterocycles. The van der Waals surface area contributed by atoms with Crippen molar-refractivity contribution < 1.29 is 5.11 Å². The third kappa shape index (κ3) is 0.976. The molecule has 0 unspecified atom stereocenters. The van der Waals surface area contributed by atoms with Gasteiger partial charge in [0, 0.05) is 6.54 Å². The maximum absolute atomic E-state index is 9.33. The van der Waals surface area contributed by atoms with E-state index in [1.54, 1.807) is 0 Å². The van der Waals surface area contributed by atoms with Crippen LogP contribution >= 0.6 is 12.2 Å². The van der Waals surface area contributed by atoms with Crippen LogP contribution in [-0.4, -0.2) is 14.7 Å². The number of rotatable bonds is 0. The first-order valence-electron chi connectivity index (χ1n) is 3.79. The Hall–Kier alpha value is -0.770. The van der Waals surface area contributed by atoms with Crippen LogP contribution < -0.4 is 0 Å². The molecule has 2 N–H and O–H groups in total. The van der Waals surface area contributed by atoms with Crippen molar-refractivity contribution >= 4 is 12.2 Å². The van der Waals surface area contributed by atoms with Gasteiger partial charge in [0.1, 0.15) is 0 Å². The highest BCUT2D eigenvalue weighted by molar-refractivity contribution is 7.71. The minimum atomic E-state index is 0.259. The third-order valence-electron chi connectivity index (χ3n) is 2.11. The average molecular weight is 170 g/mol. The van der Waals surface area contributed by atoms with E-state index in [0.717, 1.165) is 25.1 Å². The molecule has 2 heterocycles. The van der Waals surface area contributed by atoms with Crippen molar-refractivity contribution in [2.75, 3.05) is 0 Å². The van der Waals surface area contributed by atoms with Gasteiger partial charge in [-0.1, -0.05) is 0 Å². The van der Waals surface area contributed by atoms with Gasteiger partial charge >= 0.3 is 0 Å². The van der Waals surface area contributed by atoms with Gasteiger partial charge in [0.15, 0.2) is 4.77 Å². The molecule has 3 nitrogen and oxygen atoms in total. The van der Waals surface area contributed by atoms with Crippen molar-refractivity contribution in [3.8, 4) is 5.88 Å². The van der Waals surface area contributed by atoms with Gasteiger partial charge in [0.25, 0.3) is 0 Å². The number of imidazole rings is 1. The zero-order valence-corrected chi connectivity index (χ0v) is 6.95. The fraction of sp³-hybridized carbons (Fsp3) is 0.571. The Bertz CT molecular complexity index is 326. The van der Waals surface area contributed by atoms with Gasteiger partial charge < -0.3 is 14.7 Å². The molecule has 0 spiro atoms. The quantitative estimate of drug-likeness (QED) is 0.580. The molecule has 0 bridgehead atoms. The summed E-state index contributed by atoms with van der Waals surface area (Å²) in [5.41, 5.74) is 0.973. The number of hydrogen-bond acceptors (Lipinski definition) is 2. The van der Waals surface area contributed by atoms with E-state index < -0.39 is 0 Å². The lowest BCUT2D eigenvalue weighted by Crippen LogP contribution is -2.09. The van der Waals surface area contributed by atoms with Crippen molar-refractivity contribution in [2.45, 2.75) is 25.8 Å². The summed E-state index contributed by atoms with van der Waals surface area (Å²) in [6.45, 7) is 0.950. The van der Waals surface area contributed by atoms with Crippen LogP contribution in [0.1, 0.15) is 18.5 Å². The molecule has 0 radical (unpaired) electrons. The topological polar surface area (TPSA) is 40.9 Å². The number of nitrogens with one attached hydrogen (secondary N) is 1. The van der Waals surface area contributed by atoms with Crippen LogP contribution in [-0.2, 0) is 13.0 Å². The Kier molecular flexibility index (Phi) is 1.49. The van der Waals surface area contributed by atoms with Crippen molar-refractivity contribution in [2.24, 2.45) is 0 Å².